The number of rotatable bonds is 14. The normalized spacial score (nSPS) is 11.7. The zero-order valence-electron chi connectivity index (χ0n) is 77.1. The molecule has 0 unspecified atom stereocenters. The first-order chi connectivity index (χ1) is 70.4. The predicted molar refractivity (Wildman–Crippen MR) is 594 cm³/mol. The van der Waals surface area contributed by atoms with Crippen molar-refractivity contribution in [3.8, 4) is 145 Å². The molecule has 0 aliphatic carbocycles. The summed E-state index contributed by atoms with van der Waals surface area (Å²) in [7, 11) is 0. The van der Waals surface area contributed by atoms with Crippen LogP contribution in [0.2, 0.25) is 0 Å². The van der Waals surface area contributed by atoms with Gasteiger partial charge in [-0.15, -0.1) is 0 Å². The summed E-state index contributed by atoms with van der Waals surface area (Å²) in [5.74, 6) is 0. The van der Waals surface area contributed by atoms with Crippen molar-refractivity contribution in [1.82, 2.24) is 39.0 Å². The molecule has 0 N–H and O–H groups in total. The minimum absolute atomic E-state index is 0.818. The molecule has 28 rings (SSSR count). The number of pyridine rings is 6. The van der Waals surface area contributed by atoms with Crippen molar-refractivity contribution in [2.75, 3.05) is 0 Å². The first kappa shape index (κ1) is 82.4. The van der Waals surface area contributed by atoms with Crippen LogP contribution in [0.15, 0.2) is 511 Å². The number of aromatic nitrogens is 8. The van der Waals surface area contributed by atoms with Crippen LogP contribution in [0, 0.1) is 0 Å². The van der Waals surface area contributed by atoms with E-state index in [-0.39, 0.29) is 0 Å². The Kier molecular flexibility index (Phi) is 20.1. The topological polar surface area (TPSA) is 87.2 Å². The van der Waals surface area contributed by atoms with E-state index in [1.165, 1.54) is 186 Å². The van der Waals surface area contributed by atoms with Crippen LogP contribution in [0.1, 0.15) is 0 Å². The lowest BCUT2D eigenvalue weighted by atomic mass is 9.84. The molecule has 0 saturated carbocycles. The van der Waals surface area contributed by atoms with Crippen LogP contribution in [-0.2, 0) is 0 Å². The molecule has 20 aromatic carbocycles. The maximum atomic E-state index is 5.03. The summed E-state index contributed by atoms with van der Waals surface area (Å²) >= 11 is 0. The second-order valence-electron chi connectivity index (χ2n) is 36.8. The fourth-order valence-corrected chi connectivity index (χ4v) is 21.7. The molecule has 0 spiro atoms. The number of hydrogen-bond donors (Lipinski definition) is 0. The smallest absolute Gasteiger partial charge is 0.0887 e. The molecule has 8 heteroatoms. The van der Waals surface area contributed by atoms with E-state index in [4.69, 9.17) is 19.9 Å². The lowest BCUT2D eigenvalue weighted by molar-refractivity contribution is 1.13. The zero-order valence-corrected chi connectivity index (χ0v) is 77.1. The van der Waals surface area contributed by atoms with Gasteiger partial charge in [0.1, 0.15) is 0 Å². The predicted octanol–water partition coefficient (Wildman–Crippen LogP) is 35.2. The van der Waals surface area contributed by atoms with E-state index in [9.17, 15) is 0 Å². The Hall–Kier alpha value is -19.0. The third-order valence-electron chi connectivity index (χ3n) is 28.7. The maximum absolute atomic E-state index is 5.03. The molecule has 0 saturated heterocycles. The summed E-state index contributed by atoms with van der Waals surface area (Å²) in [6.07, 6.45) is 15.4. The van der Waals surface area contributed by atoms with Gasteiger partial charge in [0.2, 0.25) is 0 Å². The van der Waals surface area contributed by atoms with Crippen molar-refractivity contribution in [3.63, 3.8) is 0 Å². The largest absolute Gasteiger partial charge is 0.308 e. The van der Waals surface area contributed by atoms with E-state index >= 15 is 0 Å². The molecule has 8 aromatic heterocycles. The lowest BCUT2D eigenvalue weighted by Gasteiger charge is -2.19. The Balaban J connectivity index is 0.000000142. The van der Waals surface area contributed by atoms with Gasteiger partial charge in [0.05, 0.1) is 68.6 Å². The Morgan fingerprint density at radius 2 is 0.387 bits per heavy atom. The second-order valence-corrected chi connectivity index (χ2v) is 36.8. The van der Waals surface area contributed by atoms with Crippen LogP contribution in [0.5, 0.6) is 0 Å². The van der Waals surface area contributed by atoms with E-state index < -0.39 is 0 Å². The highest BCUT2D eigenvalue weighted by atomic mass is 15.0. The maximum Gasteiger partial charge on any atom is 0.0887 e. The standard InChI is InChI=1S/2C67H42N4/c1-3-11-49-37-51(27-21-43(49)9-1)45-17-23-47(24-18-45)66-57-14-5-6-15-58(57)67(48-25-19-46(20-26-48)52-28-22-44-10-2-4-12-50(44)38-52)60-39-53(29-32-59(60)66)54-30-33-62(69-40-54)63-34-31-55(41-70-63)71-64-16-8-7-13-56(64)61-42-68-36-35-65(61)71;1-3-11-43(12-4-1)45-19-21-49-37-52(25-23-47(49)35-45)66-57-16-7-8-17-58(57)67(53-26-24-48-36-46(20-22-50(48)38-53)44-13-5-2-6-14-44)60-39-51(27-30-59(60)66)54-28-31-62(69-40-54)63-32-29-55(41-70-63)71-64-18-10-9-15-56(64)61-42-68-34-33-65(61)71/h2*1-42H. The quantitative estimate of drug-likeness (QED) is 0.101. The Morgan fingerprint density at radius 3 is 0.768 bits per heavy atom. The van der Waals surface area contributed by atoms with E-state index in [2.05, 4.69) is 480 Å². The second kappa shape index (κ2) is 34.7. The molecule has 8 nitrogen and oxygen atoms in total. The highest BCUT2D eigenvalue weighted by Gasteiger charge is 2.24. The van der Waals surface area contributed by atoms with E-state index in [0.717, 1.165) is 89.2 Å². The first-order valence-corrected chi connectivity index (χ1v) is 48.3. The van der Waals surface area contributed by atoms with Crippen molar-refractivity contribution < 1.29 is 0 Å². The highest BCUT2D eigenvalue weighted by molar-refractivity contribution is 6.25. The highest BCUT2D eigenvalue weighted by Crippen LogP contribution is 2.50. The van der Waals surface area contributed by atoms with Crippen molar-refractivity contribution >= 4 is 130 Å². The van der Waals surface area contributed by atoms with Crippen LogP contribution in [0.3, 0.4) is 0 Å². The Morgan fingerprint density at radius 1 is 0.134 bits per heavy atom. The van der Waals surface area contributed by atoms with E-state index in [1.807, 2.05) is 49.6 Å². The van der Waals surface area contributed by atoms with Crippen molar-refractivity contribution in [3.05, 3.63) is 511 Å². The molecule has 0 amide bonds. The number of fused-ring (bicyclic) bond motifs is 14. The van der Waals surface area contributed by atoms with Crippen LogP contribution >= 0.6 is 0 Å². The van der Waals surface area contributed by atoms with Gasteiger partial charge in [0.15, 0.2) is 0 Å². The van der Waals surface area contributed by atoms with Gasteiger partial charge in [-0.05, 0) is 296 Å². The van der Waals surface area contributed by atoms with Gasteiger partial charge >= 0.3 is 0 Å². The van der Waals surface area contributed by atoms with Crippen molar-refractivity contribution in [1.29, 1.82) is 0 Å². The molecular weight excluding hydrogens is 1720 g/mol. The SMILES string of the molecule is c1ccc(-c2ccc3cc(-c4c5ccccc5c(-c5ccc6cc(-c7ccccc7)ccc6c5)c5cc(-c6ccc(-c7ccc(-n8c9ccccc9c9cnccc98)cn7)nc6)ccc45)ccc3c2)cc1.c1ccc2cc(-c3ccc(-c4c5ccccc5c(-c5ccc(-c6ccc7ccccc7c6)cc5)c5cc(-c6ccc(-c7ccc(-n8c9ccccc9c9cnccc98)cn7)nc6)ccc45)cc3)ccc2c1. The van der Waals surface area contributed by atoms with E-state index in [1.54, 1.807) is 0 Å². The minimum atomic E-state index is 0.818. The molecule has 0 aliphatic heterocycles. The molecule has 0 atom stereocenters. The van der Waals surface area contributed by atoms with Gasteiger partial charge in [-0.1, -0.05) is 352 Å². The van der Waals surface area contributed by atoms with Gasteiger partial charge in [-0.2, -0.15) is 0 Å². The molecule has 28 aromatic rings. The van der Waals surface area contributed by atoms with Crippen LogP contribution in [-0.4, -0.2) is 39.0 Å². The third-order valence-corrected chi connectivity index (χ3v) is 28.7. The molecule has 142 heavy (non-hydrogen) atoms. The molecule has 660 valence electrons. The molecular formula is C134H84N8. The average molecular weight is 1810 g/mol. The third kappa shape index (κ3) is 14.6. The van der Waals surface area contributed by atoms with Crippen LogP contribution in [0.4, 0.5) is 0 Å². The number of hydrogen-bond acceptors (Lipinski definition) is 6. The molecule has 0 radical (unpaired) electrons. The lowest BCUT2D eigenvalue weighted by Crippen LogP contribution is -1.96. The summed E-state index contributed by atoms with van der Waals surface area (Å²) in [6, 6.07) is 167. The summed E-state index contributed by atoms with van der Waals surface area (Å²) in [5.41, 5.74) is 33.3. The van der Waals surface area contributed by atoms with E-state index in [0.29, 0.717) is 0 Å². The summed E-state index contributed by atoms with van der Waals surface area (Å²) < 4.78 is 4.51. The van der Waals surface area contributed by atoms with Gasteiger partial charge in [0, 0.05) is 69.9 Å². The molecule has 8 heterocycles. The number of benzene rings is 20. The van der Waals surface area contributed by atoms with Gasteiger partial charge < -0.3 is 9.13 Å². The average Bonchev–Trinajstić information content (AvgIpc) is 1.03. The number of para-hydroxylation sites is 2. The molecule has 0 fully saturated rings. The number of nitrogens with zero attached hydrogens (tertiary/aromatic N) is 8. The fraction of sp³-hybridized carbons (Fsp3) is 0. The van der Waals surface area contributed by atoms with Gasteiger partial charge in [0.25, 0.3) is 0 Å². The van der Waals surface area contributed by atoms with Crippen LogP contribution in [0.25, 0.3) is 275 Å². The van der Waals surface area contributed by atoms with Gasteiger partial charge in [-0.3, -0.25) is 29.9 Å². The minimum Gasteiger partial charge on any atom is -0.308 e. The van der Waals surface area contributed by atoms with Crippen molar-refractivity contribution in [2.24, 2.45) is 0 Å². The fourth-order valence-electron chi connectivity index (χ4n) is 21.7. The van der Waals surface area contributed by atoms with Crippen LogP contribution < -0.4 is 0 Å². The Bertz CT molecular complexity index is 9760. The summed E-state index contributed by atoms with van der Waals surface area (Å²) in [4.78, 5) is 28.8. The monoisotopic (exact) mass is 1800 g/mol. The van der Waals surface area contributed by atoms with Gasteiger partial charge in [-0.25, -0.2) is 0 Å². The first-order valence-electron chi connectivity index (χ1n) is 48.3. The van der Waals surface area contributed by atoms with Crippen molar-refractivity contribution in [2.45, 2.75) is 0 Å². The Labute approximate surface area is 819 Å². The summed E-state index contributed by atoms with van der Waals surface area (Å²) in [6.45, 7) is 0. The zero-order chi connectivity index (χ0) is 93.7. The molecule has 0 aliphatic rings. The molecule has 0 bridgehead atoms. The summed E-state index contributed by atoms with van der Waals surface area (Å²) in [5, 5.41) is 24.1.